The van der Waals surface area contributed by atoms with Crippen LogP contribution in [0.25, 0.3) is 10.9 Å². The van der Waals surface area contributed by atoms with Crippen molar-refractivity contribution in [1.82, 2.24) is 9.66 Å². The Kier molecular flexibility index (Phi) is 3.68. The largest absolute Gasteiger partial charge is 0.282 e. The van der Waals surface area contributed by atoms with Crippen LogP contribution in [0, 0.1) is 17.0 Å². The van der Waals surface area contributed by atoms with E-state index in [2.05, 4.69) is 10.1 Å². The van der Waals surface area contributed by atoms with E-state index in [0.29, 0.717) is 22.3 Å². The van der Waals surface area contributed by atoms with Crippen molar-refractivity contribution in [2.75, 3.05) is 0 Å². The van der Waals surface area contributed by atoms with Crippen LogP contribution in [0.1, 0.15) is 11.4 Å². The topological polar surface area (TPSA) is 90.4 Å². The number of nitrogens with zero attached hydrogens (tertiary/aromatic N) is 4. The normalized spacial score (nSPS) is 11.2. The Hall–Kier alpha value is -3.35. The van der Waals surface area contributed by atoms with Crippen LogP contribution in [-0.4, -0.2) is 20.8 Å². The van der Waals surface area contributed by atoms with Gasteiger partial charge in [-0.15, -0.1) is 0 Å². The molecule has 0 spiro atoms. The van der Waals surface area contributed by atoms with Gasteiger partial charge in [-0.2, -0.15) is 9.78 Å². The van der Waals surface area contributed by atoms with Crippen molar-refractivity contribution in [2.45, 2.75) is 6.92 Å². The molecule has 0 N–H and O–H groups in total. The Labute approximate surface area is 130 Å². The van der Waals surface area contributed by atoms with Gasteiger partial charge in [0.25, 0.3) is 11.2 Å². The average Bonchev–Trinajstić information content (AvgIpc) is 2.55. The highest BCUT2D eigenvalue weighted by Gasteiger charge is 2.06. The summed E-state index contributed by atoms with van der Waals surface area (Å²) < 4.78 is 1.21. The smallest absolute Gasteiger partial charge is 0.267 e. The Morgan fingerprint density at radius 2 is 1.87 bits per heavy atom. The third kappa shape index (κ3) is 2.84. The summed E-state index contributed by atoms with van der Waals surface area (Å²) in [7, 11) is 0. The lowest BCUT2D eigenvalue weighted by Gasteiger charge is -2.04. The predicted molar refractivity (Wildman–Crippen MR) is 86.8 cm³/mol. The lowest BCUT2D eigenvalue weighted by Crippen LogP contribution is -2.20. The Morgan fingerprint density at radius 3 is 2.57 bits per heavy atom. The second-order valence-electron chi connectivity index (χ2n) is 4.89. The van der Waals surface area contributed by atoms with Gasteiger partial charge in [0.15, 0.2) is 0 Å². The minimum atomic E-state index is -0.469. The molecular formula is C16H12N4O3. The SMILES string of the molecule is Cc1nc2ccccc2c(=O)n1N=Cc1ccc([N+](=O)[O-])cc1. The molecule has 0 atom stereocenters. The number of benzene rings is 2. The van der Waals surface area contributed by atoms with Crippen molar-refractivity contribution in [3.8, 4) is 0 Å². The molecule has 0 bridgehead atoms. The number of non-ortho nitro benzene ring substituents is 1. The van der Waals surface area contributed by atoms with Crippen LogP contribution < -0.4 is 5.56 Å². The molecule has 114 valence electrons. The highest BCUT2D eigenvalue weighted by atomic mass is 16.6. The molecule has 3 aromatic rings. The molecule has 0 aliphatic heterocycles. The number of aryl methyl sites for hydroxylation is 1. The third-order valence-corrected chi connectivity index (χ3v) is 3.34. The van der Waals surface area contributed by atoms with Crippen molar-refractivity contribution in [2.24, 2.45) is 5.10 Å². The fourth-order valence-electron chi connectivity index (χ4n) is 2.18. The van der Waals surface area contributed by atoms with E-state index in [9.17, 15) is 14.9 Å². The highest BCUT2D eigenvalue weighted by molar-refractivity contribution is 5.80. The van der Waals surface area contributed by atoms with Gasteiger partial charge in [0.05, 0.1) is 22.0 Å². The summed E-state index contributed by atoms with van der Waals surface area (Å²) in [6.45, 7) is 1.70. The molecule has 0 saturated heterocycles. The lowest BCUT2D eigenvalue weighted by molar-refractivity contribution is -0.384. The highest BCUT2D eigenvalue weighted by Crippen LogP contribution is 2.11. The summed E-state index contributed by atoms with van der Waals surface area (Å²) >= 11 is 0. The van der Waals surface area contributed by atoms with E-state index in [1.807, 2.05) is 6.07 Å². The molecule has 0 amide bonds. The van der Waals surface area contributed by atoms with E-state index in [-0.39, 0.29) is 11.2 Å². The molecule has 1 aromatic heterocycles. The number of hydrogen-bond acceptors (Lipinski definition) is 5. The van der Waals surface area contributed by atoms with Gasteiger partial charge < -0.3 is 0 Å². The molecule has 2 aromatic carbocycles. The van der Waals surface area contributed by atoms with Gasteiger partial charge in [-0.05, 0) is 36.8 Å². The number of fused-ring (bicyclic) bond motifs is 1. The summed E-state index contributed by atoms with van der Waals surface area (Å²) in [5, 5.41) is 15.3. The average molecular weight is 308 g/mol. The first-order valence-corrected chi connectivity index (χ1v) is 6.83. The summed E-state index contributed by atoms with van der Waals surface area (Å²) in [5.41, 5.74) is 1.01. The Morgan fingerprint density at radius 1 is 1.17 bits per heavy atom. The molecule has 0 aliphatic carbocycles. The fourth-order valence-corrected chi connectivity index (χ4v) is 2.18. The van der Waals surface area contributed by atoms with Crippen LogP contribution in [0.15, 0.2) is 58.4 Å². The zero-order chi connectivity index (χ0) is 16.4. The maximum Gasteiger partial charge on any atom is 0.282 e. The molecule has 0 saturated carbocycles. The van der Waals surface area contributed by atoms with E-state index in [1.165, 1.54) is 23.0 Å². The van der Waals surface area contributed by atoms with Crippen molar-refractivity contribution in [1.29, 1.82) is 0 Å². The maximum absolute atomic E-state index is 12.4. The summed E-state index contributed by atoms with van der Waals surface area (Å²) in [5.74, 6) is 0.465. The van der Waals surface area contributed by atoms with Gasteiger partial charge in [0.2, 0.25) is 0 Å². The monoisotopic (exact) mass is 308 g/mol. The number of aromatic nitrogens is 2. The number of nitro groups is 1. The standard InChI is InChI=1S/C16H12N4O3/c1-11-18-15-5-3-2-4-14(15)16(21)19(11)17-10-12-6-8-13(9-7-12)20(22)23/h2-10H,1H3. The number of para-hydroxylation sites is 1. The molecule has 23 heavy (non-hydrogen) atoms. The molecule has 1 heterocycles. The van der Waals surface area contributed by atoms with Crippen LogP contribution in [-0.2, 0) is 0 Å². The van der Waals surface area contributed by atoms with Crippen LogP contribution >= 0.6 is 0 Å². The zero-order valence-electron chi connectivity index (χ0n) is 12.2. The van der Waals surface area contributed by atoms with Crippen LogP contribution in [0.4, 0.5) is 5.69 Å². The molecule has 3 rings (SSSR count). The maximum atomic E-state index is 12.4. The van der Waals surface area contributed by atoms with Crippen LogP contribution in [0.5, 0.6) is 0 Å². The molecule has 0 unspecified atom stereocenters. The quantitative estimate of drug-likeness (QED) is 0.422. The van der Waals surface area contributed by atoms with Crippen molar-refractivity contribution < 1.29 is 4.92 Å². The summed E-state index contributed by atoms with van der Waals surface area (Å²) in [6.07, 6.45) is 1.47. The van der Waals surface area contributed by atoms with E-state index in [4.69, 9.17) is 0 Å². The van der Waals surface area contributed by atoms with Gasteiger partial charge in [-0.3, -0.25) is 14.9 Å². The third-order valence-electron chi connectivity index (χ3n) is 3.34. The summed E-state index contributed by atoms with van der Waals surface area (Å²) in [6, 6.07) is 13.0. The van der Waals surface area contributed by atoms with Gasteiger partial charge in [-0.25, -0.2) is 4.98 Å². The second-order valence-corrected chi connectivity index (χ2v) is 4.89. The first kappa shape index (κ1) is 14.6. The van der Waals surface area contributed by atoms with Crippen molar-refractivity contribution >= 4 is 22.8 Å². The van der Waals surface area contributed by atoms with E-state index < -0.39 is 4.92 Å². The fraction of sp³-hybridized carbons (Fsp3) is 0.0625. The van der Waals surface area contributed by atoms with Crippen molar-refractivity contribution in [3.63, 3.8) is 0 Å². The molecular weight excluding hydrogens is 296 g/mol. The van der Waals surface area contributed by atoms with Gasteiger partial charge in [0.1, 0.15) is 5.82 Å². The molecule has 7 heteroatoms. The van der Waals surface area contributed by atoms with E-state index >= 15 is 0 Å². The van der Waals surface area contributed by atoms with Gasteiger partial charge >= 0.3 is 0 Å². The second kappa shape index (κ2) is 5.80. The molecule has 0 fully saturated rings. The zero-order valence-corrected chi connectivity index (χ0v) is 12.2. The Balaban J connectivity index is 2.00. The molecule has 7 nitrogen and oxygen atoms in total. The van der Waals surface area contributed by atoms with Crippen LogP contribution in [0.2, 0.25) is 0 Å². The summed E-state index contributed by atoms with van der Waals surface area (Å²) in [4.78, 5) is 26.9. The predicted octanol–water partition coefficient (Wildman–Crippen LogP) is 2.50. The van der Waals surface area contributed by atoms with Crippen LogP contribution in [0.3, 0.4) is 0 Å². The number of rotatable bonds is 3. The van der Waals surface area contributed by atoms with Gasteiger partial charge in [-0.1, -0.05) is 12.1 Å². The van der Waals surface area contributed by atoms with Crippen molar-refractivity contribution in [3.05, 3.63) is 80.4 Å². The minimum Gasteiger partial charge on any atom is -0.267 e. The van der Waals surface area contributed by atoms with E-state index in [0.717, 1.165) is 0 Å². The number of nitro benzene ring substituents is 1. The van der Waals surface area contributed by atoms with Gasteiger partial charge in [0, 0.05) is 12.1 Å². The first-order chi connectivity index (χ1) is 11.1. The number of hydrogen-bond donors (Lipinski definition) is 0. The molecule has 0 radical (unpaired) electrons. The molecule has 0 aliphatic rings. The minimum absolute atomic E-state index is 0.00266. The first-order valence-electron chi connectivity index (χ1n) is 6.83. The van der Waals surface area contributed by atoms with E-state index in [1.54, 1.807) is 37.3 Å². The Bertz CT molecular complexity index is 975. The lowest BCUT2D eigenvalue weighted by atomic mass is 10.2.